The first-order valence-corrected chi connectivity index (χ1v) is 8.60. The van der Waals surface area contributed by atoms with E-state index in [4.69, 9.17) is 0 Å². The van der Waals surface area contributed by atoms with Gasteiger partial charge in [-0.2, -0.15) is 16.9 Å². The van der Waals surface area contributed by atoms with Crippen molar-refractivity contribution in [2.24, 2.45) is 0 Å². The van der Waals surface area contributed by atoms with Crippen molar-refractivity contribution in [3.63, 3.8) is 0 Å². The topological polar surface area (TPSA) is 21.1 Å². The Labute approximate surface area is 122 Å². The second-order valence-electron chi connectivity index (χ2n) is 5.17. The molecule has 3 nitrogen and oxygen atoms in total. The van der Waals surface area contributed by atoms with E-state index in [0.717, 1.165) is 24.9 Å². The van der Waals surface area contributed by atoms with Crippen LogP contribution in [0.25, 0.3) is 0 Å². The average Bonchev–Trinajstić information content (AvgIpc) is 2.69. The number of hydrogen-bond acceptors (Lipinski definition) is 3. The predicted octanol–water partition coefficient (Wildman–Crippen LogP) is 3.48. The van der Waals surface area contributed by atoms with Crippen LogP contribution in [0.2, 0.25) is 0 Å². The summed E-state index contributed by atoms with van der Waals surface area (Å²) >= 11 is 1.95. The van der Waals surface area contributed by atoms with E-state index in [2.05, 4.69) is 55.6 Å². The summed E-state index contributed by atoms with van der Waals surface area (Å²) < 4.78 is 2.11. The molecule has 0 aromatic carbocycles. The molecule has 0 fully saturated rings. The van der Waals surface area contributed by atoms with Gasteiger partial charge in [-0.05, 0) is 46.5 Å². The standard InChI is InChI=1S/C15H29N3S/c1-7-17(10-9-12(3)19-6)11-15-13(4)16-18(8-2)14(15)5/h12H,7-11H2,1-6H3. The molecule has 0 saturated heterocycles. The van der Waals surface area contributed by atoms with Crippen LogP contribution in [0.4, 0.5) is 0 Å². The fourth-order valence-corrected chi connectivity index (χ4v) is 2.67. The molecule has 0 amide bonds. The Morgan fingerprint density at radius 3 is 2.47 bits per heavy atom. The third kappa shape index (κ3) is 4.53. The Balaban J connectivity index is 2.67. The minimum Gasteiger partial charge on any atom is -0.299 e. The van der Waals surface area contributed by atoms with Crippen molar-refractivity contribution < 1.29 is 0 Å². The molecule has 1 aromatic rings. The Hall–Kier alpha value is -0.480. The van der Waals surface area contributed by atoms with Gasteiger partial charge in [0.1, 0.15) is 0 Å². The minimum atomic E-state index is 0.745. The van der Waals surface area contributed by atoms with E-state index in [9.17, 15) is 0 Å². The first-order valence-electron chi connectivity index (χ1n) is 7.31. The predicted molar refractivity (Wildman–Crippen MR) is 85.9 cm³/mol. The fourth-order valence-electron chi connectivity index (χ4n) is 2.33. The van der Waals surface area contributed by atoms with Crippen LogP contribution in [-0.2, 0) is 13.1 Å². The molecule has 1 rings (SSSR count). The van der Waals surface area contributed by atoms with Crippen molar-refractivity contribution in [2.75, 3.05) is 19.3 Å². The van der Waals surface area contributed by atoms with Crippen LogP contribution in [-0.4, -0.2) is 39.3 Å². The smallest absolute Gasteiger partial charge is 0.0641 e. The average molecular weight is 283 g/mol. The summed E-state index contributed by atoms with van der Waals surface area (Å²) in [5.41, 5.74) is 3.94. The Morgan fingerprint density at radius 1 is 1.32 bits per heavy atom. The van der Waals surface area contributed by atoms with Crippen LogP contribution in [0.15, 0.2) is 0 Å². The van der Waals surface area contributed by atoms with Gasteiger partial charge in [-0.15, -0.1) is 0 Å². The molecule has 0 N–H and O–H groups in total. The van der Waals surface area contributed by atoms with Gasteiger partial charge in [-0.1, -0.05) is 13.8 Å². The molecule has 0 radical (unpaired) electrons. The SMILES string of the molecule is CCN(CCC(C)SC)Cc1c(C)nn(CC)c1C. The molecule has 19 heavy (non-hydrogen) atoms. The maximum atomic E-state index is 4.61. The first kappa shape index (κ1) is 16.6. The van der Waals surface area contributed by atoms with Crippen LogP contribution in [0.3, 0.4) is 0 Å². The van der Waals surface area contributed by atoms with Gasteiger partial charge in [-0.3, -0.25) is 9.58 Å². The number of nitrogens with zero attached hydrogens (tertiary/aromatic N) is 3. The normalized spacial score (nSPS) is 13.2. The zero-order valence-electron chi connectivity index (χ0n) is 13.4. The highest BCUT2D eigenvalue weighted by molar-refractivity contribution is 7.99. The molecule has 4 heteroatoms. The summed E-state index contributed by atoms with van der Waals surface area (Å²) in [6.45, 7) is 15.3. The summed E-state index contributed by atoms with van der Waals surface area (Å²) in [7, 11) is 0. The lowest BCUT2D eigenvalue weighted by Crippen LogP contribution is -2.26. The van der Waals surface area contributed by atoms with Crippen molar-refractivity contribution >= 4 is 11.8 Å². The van der Waals surface area contributed by atoms with Crippen LogP contribution < -0.4 is 0 Å². The molecule has 1 aromatic heterocycles. The third-order valence-electron chi connectivity index (χ3n) is 3.91. The second kappa shape index (κ2) is 7.95. The molecule has 0 aliphatic rings. The number of rotatable bonds is 8. The summed E-state index contributed by atoms with van der Waals surface area (Å²) in [5, 5.41) is 5.36. The minimum absolute atomic E-state index is 0.745. The van der Waals surface area contributed by atoms with Gasteiger partial charge in [-0.25, -0.2) is 0 Å². The molecule has 1 atom stereocenters. The molecule has 110 valence electrons. The van der Waals surface area contributed by atoms with E-state index < -0.39 is 0 Å². The molecular formula is C15H29N3S. The highest BCUT2D eigenvalue weighted by Crippen LogP contribution is 2.17. The molecule has 0 bridgehead atoms. The van der Waals surface area contributed by atoms with Crippen molar-refractivity contribution in [1.29, 1.82) is 0 Å². The Morgan fingerprint density at radius 2 is 2.00 bits per heavy atom. The summed E-state index contributed by atoms with van der Waals surface area (Å²) in [6, 6.07) is 0. The van der Waals surface area contributed by atoms with E-state index in [-0.39, 0.29) is 0 Å². The molecule has 0 aliphatic carbocycles. The van der Waals surface area contributed by atoms with Crippen molar-refractivity contribution in [2.45, 2.75) is 59.4 Å². The van der Waals surface area contributed by atoms with Crippen LogP contribution in [0.5, 0.6) is 0 Å². The van der Waals surface area contributed by atoms with Crippen LogP contribution >= 0.6 is 11.8 Å². The van der Waals surface area contributed by atoms with Crippen LogP contribution in [0, 0.1) is 13.8 Å². The van der Waals surface area contributed by atoms with Gasteiger partial charge in [0.15, 0.2) is 0 Å². The monoisotopic (exact) mass is 283 g/mol. The highest BCUT2D eigenvalue weighted by atomic mass is 32.2. The molecule has 0 aliphatic heterocycles. The summed E-state index contributed by atoms with van der Waals surface area (Å²) in [5.74, 6) is 0. The maximum Gasteiger partial charge on any atom is 0.0641 e. The lowest BCUT2D eigenvalue weighted by Gasteiger charge is -2.22. The lowest BCUT2D eigenvalue weighted by atomic mass is 10.1. The molecule has 1 unspecified atom stereocenters. The third-order valence-corrected chi connectivity index (χ3v) is 4.95. The van der Waals surface area contributed by atoms with Crippen molar-refractivity contribution in [1.82, 2.24) is 14.7 Å². The first-order chi connectivity index (χ1) is 9.03. The maximum absolute atomic E-state index is 4.61. The van der Waals surface area contributed by atoms with E-state index in [0.29, 0.717) is 0 Å². The van der Waals surface area contributed by atoms with Crippen molar-refractivity contribution in [3.05, 3.63) is 17.0 Å². The second-order valence-corrected chi connectivity index (χ2v) is 6.45. The number of aromatic nitrogens is 2. The van der Waals surface area contributed by atoms with E-state index >= 15 is 0 Å². The zero-order valence-corrected chi connectivity index (χ0v) is 14.2. The van der Waals surface area contributed by atoms with E-state index in [1.165, 1.54) is 29.9 Å². The van der Waals surface area contributed by atoms with E-state index in [1.54, 1.807) is 0 Å². The van der Waals surface area contributed by atoms with E-state index in [1.807, 2.05) is 11.8 Å². The van der Waals surface area contributed by atoms with Gasteiger partial charge in [0, 0.05) is 29.6 Å². The number of hydrogen-bond donors (Lipinski definition) is 0. The fraction of sp³-hybridized carbons (Fsp3) is 0.800. The highest BCUT2D eigenvalue weighted by Gasteiger charge is 2.14. The Kier molecular flexibility index (Phi) is 6.94. The lowest BCUT2D eigenvalue weighted by molar-refractivity contribution is 0.275. The zero-order chi connectivity index (χ0) is 14.4. The molecule has 0 spiro atoms. The van der Waals surface area contributed by atoms with Gasteiger partial charge in [0.25, 0.3) is 0 Å². The van der Waals surface area contributed by atoms with Gasteiger partial charge in [0.05, 0.1) is 5.69 Å². The van der Waals surface area contributed by atoms with Crippen LogP contribution in [0.1, 0.15) is 44.1 Å². The molecule has 0 saturated carbocycles. The molecule has 1 heterocycles. The largest absolute Gasteiger partial charge is 0.299 e. The number of thioether (sulfide) groups is 1. The quantitative estimate of drug-likeness (QED) is 0.729. The van der Waals surface area contributed by atoms with Gasteiger partial charge in [0.2, 0.25) is 0 Å². The molecular weight excluding hydrogens is 254 g/mol. The summed E-state index contributed by atoms with van der Waals surface area (Å²) in [6.07, 6.45) is 3.45. The Bertz CT molecular complexity index is 387. The van der Waals surface area contributed by atoms with Gasteiger partial charge >= 0.3 is 0 Å². The van der Waals surface area contributed by atoms with Crippen molar-refractivity contribution in [3.8, 4) is 0 Å². The summed E-state index contributed by atoms with van der Waals surface area (Å²) in [4.78, 5) is 2.53. The number of aryl methyl sites for hydroxylation is 2. The van der Waals surface area contributed by atoms with Gasteiger partial charge < -0.3 is 0 Å².